The second-order valence-electron chi connectivity index (χ2n) is 5.65. The Kier molecular flexibility index (Phi) is 4.57. The summed E-state index contributed by atoms with van der Waals surface area (Å²) in [6.45, 7) is 4.79. The van der Waals surface area contributed by atoms with E-state index in [0.717, 1.165) is 0 Å². The van der Waals surface area contributed by atoms with E-state index in [0.29, 0.717) is 9.49 Å². The molecule has 2 aliphatic rings. The maximum atomic E-state index is 2.39. The van der Waals surface area contributed by atoms with Crippen molar-refractivity contribution in [3.63, 3.8) is 0 Å². The standard InChI is InChI=1S/C14H26S2/c1-3-13(9-5-6-10-13)15-16-14(4-2)11-7-8-12-14/h3-12H2,1-2H3. The van der Waals surface area contributed by atoms with Crippen LogP contribution in [0.2, 0.25) is 0 Å². The van der Waals surface area contributed by atoms with Gasteiger partial charge >= 0.3 is 0 Å². The van der Waals surface area contributed by atoms with Crippen molar-refractivity contribution in [2.75, 3.05) is 0 Å². The van der Waals surface area contributed by atoms with Crippen molar-refractivity contribution in [2.45, 2.75) is 87.5 Å². The van der Waals surface area contributed by atoms with Crippen LogP contribution in [0.25, 0.3) is 0 Å². The van der Waals surface area contributed by atoms with E-state index in [2.05, 4.69) is 35.4 Å². The highest BCUT2D eigenvalue weighted by Gasteiger charge is 2.39. The molecule has 2 heteroatoms. The van der Waals surface area contributed by atoms with Crippen LogP contribution in [-0.2, 0) is 0 Å². The van der Waals surface area contributed by atoms with Gasteiger partial charge in [0.25, 0.3) is 0 Å². The lowest BCUT2D eigenvalue weighted by Crippen LogP contribution is -2.22. The van der Waals surface area contributed by atoms with E-state index in [1.54, 1.807) is 0 Å². The lowest BCUT2D eigenvalue weighted by molar-refractivity contribution is 0.584. The summed E-state index contributed by atoms with van der Waals surface area (Å²) in [7, 11) is 4.54. The van der Waals surface area contributed by atoms with Crippen molar-refractivity contribution in [1.82, 2.24) is 0 Å². The number of hydrogen-bond donors (Lipinski definition) is 0. The Balaban J connectivity index is 1.89. The van der Waals surface area contributed by atoms with Gasteiger partial charge in [0.05, 0.1) is 0 Å². The summed E-state index contributed by atoms with van der Waals surface area (Å²) in [5, 5.41) is 0. The Morgan fingerprint density at radius 3 is 1.25 bits per heavy atom. The van der Waals surface area contributed by atoms with Gasteiger partial charge < -0.3 is 0 Å². The van der Waals surface area contributed by atoms with E-state index >= 15 is 0 Å². The van der Waals surface area contributed by atoms with Crippen LogP contribution in [0.1, 0.15) is 78.1 Å². The van der Waals surface area contributed by atoms with E-state index in [-0.39, 0.29) is 0 Å². The molecule has 0 aliphatic heterocycles. The number of rotatable bonds is 5. The summed E-state index contributed by atoms with van der Waals surface area (Å²) < 4.78 is 1.30. The summed E-state index contributed by atoms with van der Waals surface area (Å²) >= 11 is 0. The molecule has 0 unspecified atom stereocenters. The minimum atomic E-state index is 0.648. The molecule has 0 aromatic carbocycles. The fourth-order valence-electron chi connectivity index (χ4n) is 3.21. The molecule has 94 valence electrons. The molecular weight excluding hydrogens is 232 g/mol. The first-order valence-electron chi connectivity index (χ1n) is 7.11. The Morgan fingerprint density at radius 2 is 1.00 bits per heavy atom. The average Bonchev–Trinajstić information content (AvgIpc) is 2.97. The maximum Gasteiger partial charge on any atom is 0.0261 e. The fourth-order valence-corrected chi connectivity index (χ4v) is 7.47. The van der Waals surface area contributed by atoms with Crippen molar-refractivity contribution in [1.29, 1.82) is 0 Å². The molecular formula is C14H26S2. The van der Waals surface area contributed by atoms with Crippen LogP contribution < -0.4 is 0 Å². The van der Waals surface area contributed by atoms with Crippen LogP contribution in [0.3, 0.4) is 0 Å². The van der Waals surface area contributed by atoms with Gasteiger partial charge in [-0.25, -0.2) is 0 Å². The van der Waals surface area contributed by atoms with E-state index in [1.807, 2.05) is 0 Å². The van der Waals surface area contributed by atoms with Gasteiger partial charge in [0, 0.05) is 9.49 Å². The first-order chi connectivity index (χ1) is 7.74. The van der Waals surface area contributed by atoms with Crippen LogP contribution >= 0.6 is 21.6 Å². The third-order valence-corrected chi connectivity index (χ3v) is 9.27. The minimum Gasteiger partial charge on any atom is -0.0867 e. The lowest BCUT2D eigenvalue weighted by Gasteiger charge is -2.33. The van der Waals surface area contributed by atoms with Crippen LogP contribution in [-0.4, -0.2) is 9.49 Å². The SMILES string of the molecule is CCC1(SSC2(CC)CCCC2)CCCC1. The highest BCUT2D eigenvalue weighted by Crippen LogP contribution is 2.57. The van der Waals surface area contributed by atoms with E-state index in [1.165, 1.54) is 64.2 Å². The molecule has 0 spiro atoms. The second kappa shape index (κ2) is 5.56. The summed E-state index contributed by atoms with van der Waals surface area (Å²) in [5.41, 5.74) is 0. The Morgan fingerprint density at radius 1 is 0.688 bits per heavy atom. The second-order valence-corrected chi connectivity index (χ2v) is 8.72. The van der Waals surface area contributed by atoms with E-state index in [4.69, 9.17) is 0 Å². The van der Waals surface area contributed by atoms with Gasteiger partial charge in [-0.2, -0.15) is 0 Å². The summed E-state index contributed by atoms with van der Waals surface area (Å²) in [6, 6.07) is 0. The molecule has 0 heterocycles. The van der Waals surface area contributed by atoms with Gasteiger partial charge in [0.15, 0.2) is 0 Å². The van der Waals surface area contributed by atoms with Crippen LogP contribution in [0.15, 0.2) is 0 Å². The molecule has 0 bridgehead atoms. The Labute approximate surface area is 109 Å². The zero-order valence-electron chi connectivity index (χ0n) is 10.9. The summed E-state index contributed by atoms with van der Waals surface area (Å²) in [6.07, 6.45) is 14.5. The van der Waals surface area contributed by atoms with Gasteiger partial charge in [0.2, 0.25) is 0 Å². The fraction of sp³-hybridized carbons (Fsp3) is 1.00. The van der Waals surface area contributed by atoms with Crippen molar-refractivity contribution >= 4 is 21.6 Å². The topological polar surface area (TPSA) is 0 Å². The Bertz CT molecular complexity index is 189. The molecule has 0 nitrogen and oxygen atoms in total. The molecule has 16 heavy (non-hydrogen) atoms. The van der Waals surface area contributed by atoms with Gasteiger partial charge in [-0.3, -0.25) is 0 Å². The number of hydrogen-bond acceptors (Lipinski definition) is 2. The summed E-state index contributed by atoms with van der Waals surface area (Å²) in [4.78, 5) is 0. The zero-order chi connectivity index (χ0) is 11.5. The molecule has 0 amide bonds. The van der Waals surface area contributed by atoms with Crippen LogP contribution in [0, 0.1) is 0 Å². The monoisotopic (exact) mass is 258 g/mol. The molecule has 2 aliphatic carbocycles. The predicted octanol–water partition coefficient (Wildman–Crippen LogP) is 5.81. The van der Waals surface area contributed by atoms with Gasteiger partial charge in [-0.15, -0.1) is 0 Å². The maximum absolute atomic E-state index is 2.39. The quantitative estimate of drug-likeness (QED) is 0.570. The molecule has 2 saturated carbocycles. The molecule has 0 saturated heterocycles. The van der Waals surface area contributed by atoms with Crippen LogP contribution in [0.5, 0.6) is 0 Å². The highest BCUT2D eigenvalue weighted by molar-refractivity contribution is 8.77. The van der Waals surface area contributed by atoms with E-state index < -0.39 is 0 Å². The van der Waals surface area contributed by atoms with Crippen molar-refractivity contribution in [2.24, 2.45) is 0 Å². The molecule has 0 aromatic rings. The zero-order valence-corrected chi connectivity index (χ0v) is 12.5. The molecule has 2 fully saturated rings. The normalized spacial score (nSPS) is 27.4. The van der Waals surface area contributed by atoms with E-state index in [9.17, 15) is 0 Å². The molecule has 0 N–H and O–H groups in total. The van der Waals surface area contributed by atoms with Gasteiger partial charge in [-0.1, -0.05) is 61.1 Å². The third kappa shape index (κ3) is 2.75. The lowest BCUT2D eigenvalue weighted by atomic mass is 10.0. The largest absolute Gasteiger partial charge is 0.0867 e. The average molecular weight is 258 g/mol. The highest BCUT2D eigenvalue weighted by atomic mass is 33.1. The Hall–Kier alpha value is 0.700. The first-order valence-corrected chi connectivity index (χ1v) is 9.26. The molecule has 0 aromatic heterocycles. The molecule has 2 rings (SSSR count). The predicted molar refractivity (Wildman–Crippen MR) is 78.2 cm³/mol. The van der Waals surface area contributed by atoms with Crippen molar-refractivity contribution < 1.29 is 0 Å². The third-order valence-electron chi connectivity index (χ3n) is 4.71. The molecule has 0 radical (unpaired) electrons. The van der Waals surface area contributed by atoms with Crippen LogP contribution in [0.4, 0.5) is 0 Å². The van der Waals surface area contributed by atoms with Gasteiger partial charge in [0.1, 0.15) is 0 Å². The van der Waals surface area contributed by atoms with Crippen molar-refractivity contribution in [3.05, 3.63) is 0 Å². The smallest absolute Gasteiger partial charge is 0.0261 e. The minimum absolute atomic E-state index is 0.648. The summed E-state index contributed by atoms with van der Waals surface area (Å²) in [5.74, 6) is 0. The van der Waals surface area contributed by atoms with Gasteiger partial charge in [-0.05, 0) is 38.5 Å². The molecule has 0 atom stereocenters. The first kappa shape index (κ1) is 13.1. The van der Waals surface area contributed by atoms with Crippen molar-refractivity contribution in [3.8, 4) is 0 Å².